The normalized spacial score (nSPS) is 11.6. The summed E-state index contributed by atoms with van der Waals surface area (Å²) in [5, 5.41) is 6.89. The van der Waals surface area contributed by atoms with Crippen LogP contribution in [0.4, 0.5) is 5.69 Å². The third-order valence-corrected chi connectivity index (χ3v) is 2.79. The summed E-state index contributed by atoms with van der Waals surface area (Å²) < 4.78 is 1.12. The van der Waals surface area contributed by atoms with Crippen LogP contribution in [0.15, 0.2) is 22.7 Å². The third-order valence-electron chi connectivity index (χ3n) is 2.30. The SMILES string of the molecule is Cc1ccc(Br)cc1NCCNC(C)(C)C. The van der Waals surface area contributed by atoms with E-state index in [1.807, 2.05) is 0 Å². The largest absolute Gasteiger partial charge is 0.384 e. The molecule has 0 atom stereocenters. The topological polar surface area (TPSA) is 24.1 Å². The molecule has 0 spiro atoms. The predicted molar refractivity (Wildman–Crippen MR) is 75.1 cm³/mol. The van der Waals surface area contributed by atoms with Gasteiger partial charge in [-0.1, -0.05) is 22.0 Å². The minimum absolute atomic E-state index is 0.188. The molecule has 0 unspecified atom stereocenters. The van der Waals surface area contributed by atoms with E-state index < -0.39 is 0 Å². The first-order valence-electron chi connectivity index (χ1n) is 5.63. The maximum Gasteiger partial charge on any atom is 0.0381 e. The van der Waals surface area contributed by atoms with Gasteiger partial charge >= 0.3 is 0 Å². The number of hydrogen-bond donors (Lipinski definition) is 2. The summed E-state index contributed by atoms with van der Waals surface area (Å²) in [6, 6.07) is 6.30. The van der Waals surface area contributed by atoms with Crippen LogP contribution in [0, 0.1) is 6.92 Å². The highest BCUT2D eigenvalue weighted by molar-refractivity contribution is 9.10. The first-order chi connectivity index (χ1) is 7.38. The van der Waals surface area contributed by atoms with Crippen LogP contribution in [0.3, 0.4) is 0 Å². The Kier molecular flexibility index (Phi) is 4.81. The van der Waals surface area contributed by atoms with Crippen LogP contribution in [-0.2, 0) is 0 Å². The van der Waals surface area contributed by atoms with Gasteiger partial charge in [0.15, 0.2) is 0 Å². The Morgan fingerprint density at radius 3 is 2.50 bits per heavy atom. The molecular weight excluding hydrogens is 264 g/mol. The highest BCUT2D eigenvalue weighted by atomic mass is 79.9. The van der Waals surface area contributed by atoms with Crippen molar-refractivity contribution in [3.63, 3.8) is 0 Å². The Hall–Kier alpha value is -0.540. The van der Waals surface area contributed by atoms with Gasteiger partial charge in [-0.3, -0.25) is 0 Å². The van der Waals surface area contributed by atoms with Crippen molar-refractivity contribution < 1.29 is 0 Å². The van der Waals surface area contributed by atoms with Crippen LogP contribution in [-0.4, -0.2) is 18.6 Å². The first kappa shape index (κ1) is 13.5. The molecule has 3 heteroatoms. The fourth-order valence-corrected chi connectivity index (χ4v) is 1.78. The van der Waals surface area contributed by atoms with E-state index in [1.54, 1.807) is 0 Å². The number of nitrogens with one attached hydrogen (secondary N) is 2. The van der Waals surface area contributed by atoms with Crippen molar-refractivity contribution in [3.05, 3.63) is 28.2 Å². The summed E-state index contributed by atoms with van der Waals surface area (Å²) in [6.07, 6.45) is 0. The zero-order chi connectivity index (χ0) is 12.2. The lowest BCUT2D eigenvalue weighted by molar-refractivity contribution is 0.435. The van der Waals surface area contributed by atoms with Gasteiger partial charge in [0.05, 0.1) is 0 Å². The summed E-state index contributed by atoms with van der Waals surface area (Å²) in [6.45, 7) is 10.6. The lowest BCUT2D eigenvalue weighted by atomic mass is 10.1. The standard InChI is InChI=1S/C13H21BrN2/c1-10-5-6-11(14)9-12(10)15-7-8-16-13(2,3)4/h5-6,9,15-16H,7-8H2,1-4H3. The van der Waals surface area contributed by atoms with Gasteiger partial charge in [0.1, 0.15) is 0 Å². The number of halogens is 1. The van der Waals surface area contributed by atoms with E-state index in [9.17, 15) is 0 Å². The van der Waals surface area contributed by atoms with E-state index in [2.05, 4.69) is 72.5 Å². The van der Waals surface area contributed by atoms with Crippen LogP contribution in [0.25, 0.3) is 0 Å². The molecule has 16 heavy (non-hydrogen) atoms. The van der Waals surface area contributed by atoms with Gasteiger partial charge < -0.3 is 10.6 Å². The van der Waals surface area contributed by atoms with E-state index in [0.29, 0.717) is 0 Å². The van der Waals surface area contributed by atoms with E-state index >= 15 is 0 Å². The molecule has 2 N–H and O–H groups in total. The first-order valence-corrected chi connectivity index (χ1v) is 6.43. The number of rotatable bonds is 4. The summed E-state index contributed by atoms with van der Waals surface area (Å²) in [5.74, 6) is 0. The van der Waals surface area contributed by atoms with Crippen molar-refractivity contribution in [1.29, 1.82) is 0 Å². The van der Waals surface area contributed by atoms with Gasteiger partial charge in [0.2, 0.25) is 0 Å². The maximum absolute atomic E-state index is 3.48. The molecule has 0 bridgehead atoms. The lowest BCUT2D eigenvalue weighted by Gasteiger charge is -2.21. The number of hydrogen-bond acceptors (Lipinski definition) is 2. The second kappa shape index (κ2) is 5.69. The molecule has 0 aliphatic rings. The summed E-state index contributed by atoms with van der Waals surface area (Å²) in [5.41, 5.74) is 2.66. The fourth-order valence-electron chi connectivity index (χ4n) is 1.42. The van der Waals surface area contributed by atoms with Gasteiger partial charge in [0.25, 0.3) is 0 Å². The zero-order valence-corrected chi connectivity index (χ0v) is 12.1. The smallest absolute Gasteiger partial charge is 0.0381 e. The van der Waals surface area contributed by atoms with Crippen LogP contribution in [0.1, 0.15) is 26.3 Å². The molecule has 1 rings (SSSR count). The Morgan fingerprint density at radius 1 is 1.19 bits per heavy atom. The summed E-state index contributed by atoms with van der Waals surface area (Å²) in [7, 11) is 0. The number of benzene rings is 1. The third kappa shape index (κ3) is 4.99. The van der Waals surface area contributed by atoms with Crippen molar-refractivity contribution in [1.82, 2.24) is 5.32 Å². The van der Waals surface area contributed by atoms with Gasteiger partial charge in [0, 0.05) is 28.8 Å². The molecule has 0 fully saturated rings. The Morgan fingerprint density at radius 2 is 1.88 bits per heavy atom. The summed E-state index contributed by atoms with van der Waals surface area (Å²) in [4.78, 5) is 0. The molecule has 0 aliphatic carbocycles. The second-order valence-electron chi connectivity index (χ2n) is 5.06. The van der Waals surface area contributed by atoms with E-state index in [1.165, 1.54) is 11.3 Å². The minimum atomic E-state index is 0.188. The van der Waals surface area contributed by atoms with Gasteiger partial charge in [-0.25, -0.2) is 0 Å². The average molecular weight is 285 g/mol. The molecule has 0 amide bonds. The molecular formula is C13H21BrN2. The molecule has 0 heterocycles. The Labute approximate surface area is 107 Å². The van der Waals surface area contributed by atoms with Crippen molar-refractivity contribution in [2.75, 3.05) is 18.4 Å². The van der Waals surface area contributed by atoms with Crippen molar-refractivity contribution in [3.8, 4) is 0 Å². The quantitative estimate of drug-likeness (QED) is 0.827. The van der Waals surface area contributed by atoms with Crippen LogP contribution < -0.4 is 10.6 Å². The molecule has 0 radical (unpaired) electrons. The molecule has 0 aromatic heterocycles. The molecule has 1 aromatic carbocycles. The van der Waals surface area contributed by atoms with E-state index in [4.69, 9.17) is 0 Å². The zero-order valence-electron chi connectivity index (χ0n) is 10.5. The van der Waals surface area contributed by atoms with E-state index in [0.717, 1.165) is 17.6 Å². The van der Waals surface area contributed by atoms with Crippen LogP contribution >= 0.6 is 15.9 Å². The van der Waals surface area contributed by atoms with E-state index in [-0.39, 0.29) is 5.54 Å². The predicted octanol–water partition coefficient (Wildman–Crippen LogP) is 3.56. The monoisotopic (exact) mass is 284 g/mol. The number of anilines is 1. The maximum atomic E-state index is 3.48. The molecule has 0 saturated heterocycles. The highest BCUT2D eigenvalue weighted by Crippen LogP contribution is 2.20. The minimum Gasteiger partial charge on any atom is -0.384 e. The summed E-state index contributed by atoms with van der Waals surface area (Å²) >= 11 is 3.48. The van der Waals surface area contributed by atoms with Crippen LogP contribution in [0.5, 0.6) is 0 Å². The Bertz CT molecular complexity index is 342. The number of aryl methyl sites for hydroxylation is 1. The van der Waals surface area contributed by atoms with Crippen molar-refractivity contribution in [2.45, 2.75) is 33.2 Å². The molecule has 90 valence electrons. The fraction of sp³-hybridized carbons (Fsp3) is 0.538. The van der Waals surface area contributed by atoms with Crippen molar-refractivity contribution >= 4 is 21.6 Å². The molecule has 2 nitrogen and oxygen atoms in total. The second-order valence-corrected chi connectivity index (χ2v) is 5.98. The Balaban J connectivity index is 2.40. The molecule has 1 aromatic rings. The molecule has 0 saturated carbocycles. The van der Waals surface area contributed by atoms with Gasteiger partial charge in [-0.15, -0.1) is 0 Å². The van der Waals surface area contributed by atoms with Gasteiger partial charge in [-0.2, -0.15) is 0 Å². The highest BCUT2D eigenvalue weighted by Gasteiger charge is 2.07. The van der Waals surface area contributed by atoms with Gasteiger partial charge in [-0.05, 0) is 45.4 Å². The van der Waals surface area contributed by atoms with Crippen LogP contribution in [0.2, 0.25) is 0 Å². The molecule has 0 aliphatic heterocycles. The average Bonchev–Trinajstić information content (AvgIpc) is 2.16. The lowest BCUT2D eigenvalue weighted by Crippen LogP contribution is -2.38. The van der Waals surface area contributed by atoms with Crippen molar-refractivity contribution in [2.24, 2.45) is 0 Å².